The highest BCUT2D eigenvalue weighted by atomic mass is 35.5. The van der Waals surface area contributed by atoms with Crippen LogP contribution in [-0.2, 0) is 21.4 Å². The summed E-state index contributed by atoms with van der Waals surface area (Å²) in [6.45, 7) is 1.93. The zero-order valence-corrected chi connectivity index (χ0v) is 19.0. The number of amides is 1. The van der Waals surface area contributed by atoms with Crippen molar-refractivity contribution in [2.24, 2.45) is 5.92 Å². The van der Waals surface area contributed by atoms with E-state index >= 15 is 0 Å². The number of aromatic nitrogens is 1. The Labute approximate surface area is 189 Å². The number of aryl methyl sites for hydroxylation is 1. The Morgan fingerprint density at radius 3 is 2.68 bits per heavy atom. The average Bonchev–Trinajstić information content (AvgIpc) is 3.39. The van der Waals surface area contributed by atoms with Gasteiger partial charge in [0.15, 0.2) is 5.76 Å². The average molecular weight is 478 g/mol. The molecule has 2 heterocycles. The molecule has 1 aliphatic carbocycles. The molecule has 2 aromatic heterocycles. The van der Waals surface area contributed by atoms with Crippen molar-refractivity contribution in [3.05, 3.63) is 63.3 Å². The molecule has 0 unspecified atom stereocenters. The van der Waals surface area contributed by atoms with Crippen LogP contribution in [0.2, 0.25) is 5.02 Å². The SMILES string of the molecule is Cc1noc(/C=C/c2ccc(S(=O)(=O)NCc3ccc(Cl)cc3)s2)c1NC(=O)C1CC1. The van der Waals surface area contributed by atoms with Crippen LogP contribution < -0.4 is 10.0 Å². The lowest BCUT2D eigenvalue weighted by Crippen LogP contribution is -2.22. The third kappa shape index (κ3) is 5.43. The molecule has 0 bridgehead atoms. The van der Waals surface area contributed by atoms with Crippen molar-refractivity contribution in [1.82, 2.24) is 9.88 Å². The molecular formula is C21H20ClN3O4S2. The number of carbonyl (C=O) groups is 1. The first-order valence-corrected chi connectivity index (χ1v) is 12.3. The van der Waals surface area contributed by atoms with Gasteiger partial charge in [0, 0.05) is 22.4 Å². The van der Waals surface area contributed by atoms with Gasteiger partial charge >= 0.3 is 0 Å². The highest BCUT2D eigenvalue weighted by Gasteiger charge is 2.30. The third-order valence-corrected chi connectivity index (χ3v) is 7.93. The monoisotopic (exact) mass is 477 g/mol. The first-order valence-electron chi connectivity index (χ1n) is 9.61. The molecule has 0 spiro atoms. The van der Waals surface area contributed by atoms with E-state index in [2.05, 4.69) is 15.2 Å². The summed E-state index contributed by atoms with van der Waals surface area (Å²) in [6.07, 6.45) is 5.21. The number of halogens is 1. The number of hydrogen-bond donors (Lipinski definition) is 2. The van der Waals surface area contributed by atoms with Crippen molar-refractivity contribution in [3.8, 4) is 0 Å². The molecule has 1 amide bonds. The third-order valence-electron chi connectivity index (χ3n) is 4.73. The predicted molar refractivity (Wildman–Crippen MR) is 121 cm³/mol. The molecule has 4 rings (SSSR count). The number of anilines is 1. The molecule has 1 aromatic carbocycles. The lowest BCUT2D eigenvalue weighted by atomic mass is 10.2. The lowest BCUT2D eigenvalue weighted by Gasteiger charge is -2.05. The fraction of sp³-hybridized carbons (Fsp3) is 0.238. The van der Waals surface area contributed by atoms with Crippen LogP contribution in [0.4, 0.5) is 5.69 Å². The van der Waals surface area contributed by atoms with Crippen LogP contribution in [0.5, 0.6) is 0 Å². The van der Waals surface area contributed by atoms with E-state index in [-0.39, 0.29) is 22.6 Å². The van der Waals surface area contributed by atoms with Crippen molar-refractivity contribution in [2.75, 3.05) is 5.32 Å². The molecule has 3 aromatic rings. The van der Waals surface area contributed by atoms with Crippen LogP contribution in [0.15, 0.2) is 45.1 Å². The summed E-state index contributed by atoms with van der Waals surface area (Å²) in [5.74, 6) is 0.457. The standard InChI is InChI=1S/C21H20ClN3O4S2/c1-13-20(24-21(26)15-4-5-15)18(29-25-13)10-8-17-9-11-19(30-17)31(27,28)23-12-14-2-6-16(22)7-3-14/h2-3,6-11,15,23H,4-5,12H2,1H3,(H,24,26)/b10-8+. The predicted octanol–water partition coefficient (Wildman–Crippen LogP) is 4.70. The van der Waals surface area contributed by atoms with E-state index in [1.807, 2.05) is 0 Å². The molecule has 0 saturated heterocycles. The zero-order chi connectivity index (χ0) is 22.0. The van der Waals surface area contributed by atoms with Gasteiger partial charge in [-0.1, -0.05) is 28.9 Å². The van der Waals surface area contributed by atoms with E-state index in [4.69, 9.17) is 16.1 Å². The van der Waals surface area contributed by atoms with Gasteiger partial charge in [-0.15, -0.1) is 11.3 Å². The summed E-state index contributed by atoms with van der Waals surface area (Å²) in [5.41, 5.74) is 1.95. The molecule has 7 nitrogen and oxygen atoms in total. The van der Waals surface area contributed by atoms with Gasteiger partial charge in [-0.3, -0.25) is 4.79 Å². The topological polar surface area (TPSA) is 101 Å². The molecule has 31 heavy (non-hydrogen) atoms. The Bertz CT molecular complexity index is 1230. The number of carbonyl (C=O) groups excluding carboxylic acids is 1. The number of rotatable bonds is 8. The molecule has 0 atom stereocenters. The Morgan fingerprint density at radius 2 is 1.97 bits per heavy atom. The summed E-state index contributed by atoms with van der Waals surface area (Å²) < 4.78 is 33.3. The van der Waals surface area contributed by atoms with E-state index in [9.17, 15) is 13.2 Å². The number of nitrogens with one attached hydrogen (secondary N) is 2. The number of hydrogen-bond acceptors (Lipinski definition) is 6. The van der Waals surface area contributed by atoms with Crippen molar-refractivity contribution in [3.63, 3.8) is 0 Å². The maximum atomic E-state index is 12.6. The Kier molecular flexibility index (Phi) is 6.29. The highest BCUT2D eigenvalue weighted by molar-refractivity contribution is 7.91. The van der Waals surface area contributed by atoms with Gasteiger partial charge in [0.1, 0.15) is 15.6 Å². The van der Waals surface area contributed by atoms with Crippen LogP contribution in [0, 0.1) is 12.8 Å². The van der Waals surface area contributed by atoms with Crippen LogP contribution in [0.3, 0.4) is 0 Å². The molecule has 0 radical (unpaired) electrons. The second-order valence-corrected chi connectivity index (χ2v) is 10.8. The molecule has 1 saturated carbocycles. The fourth-order valence-corrected chi connectivity index (χ4v) is 5.22. The maximum absolute atomic E-state index is 12.6. The minimum absolute atomic E-state index is 0.0304. The minimum atomic E-state index is -3.64. The second kappa shape index (κ2) is 8.96. The van der Waals surface area contributed by atoms with Crippen molar-refractivity contribution >= 4 is 56.7 Å². The molecule has 1 fully saturated rings. The summed E-state index contributed by atoms with van der Waals surface area (Å²) in [7, 11) is -3.64. The van der Waals surface area contributed by atoms with E-state index in [0.717, 1.165) is 34.6 Å². The van der Waals surface area contributed by atoms with Crippen molar-refractivity contribution < 1.29 is 17.7 Å². The Hall–Kier alpha value is -2.46. The fourth-order valence-electron chi connectivity index (χ4n) is 2.80. The summed E-state index contributed by atoms with van der Waals surface area (Å²) in [4.78, 5) is 12.8. The molecule has 10 heteroatoms. The van der Waals surface area contributed by atoms with E-state index in [1.54, 1.807) is 55.5 Å². The largest absolute Gasteiger partial charge is 0.354 e. The van der Waals surface area contributed by atoms with Gasteiger partial charge in [0.05, 0.1) is 0 Å². The quantitative estimate of drug-likeness (QED) is 0.489. The van der Waals surface area contributed by atoms with Crippen LogP contribution in [0.1, 0.15) is 34.7 Å². The van der Waals surface area contributed by atoms with Gasteiger partial charge in [-0.05, 0) is 61.7 Å². The van der Waals surface area contributed by atoms with Gasteiger partial charge in [-0.2, -0.15) is 0 Å². The number of thiophene rings is 1. The Balaban J connectivity index is 1.43. The minimum Gasteiger partial charge on any atom is -0.354 e. The zero-order valence-electron chi connectivity index (χ0n) is 16.6. The van der Waals surface area contributed by atoms with Crippen LogP contribution in [-0.4, -0.2) is 19.5 Å². The van der Waals surface area contributed by atoms with Crippen LogP contribution in [0.25, 0.3) is 12.2 Å². The van der Waals surface area contributed by atoms with E-state index < -0.39 is 10.0 Å². The smallest absolute Gasteiger partial charge is 0.250 e. The van der Waals surface area contributed by atoms with Crippen LogP contribution >= 0.6 is 22.9 Å². The summed E-state index contributed by atoms with van der Waals surface area (Å²) in [5, 5.41) is 7.37. The Morgan fingerprint density at radius 1 is 1.23 bits per heavy atom. The van der Waals surface area contributed by atoms with Gasteiger partial charge in [0.2, 0.25) is 15.9 Å². The number of benzene rings is 1. The molecule has 0 aliphatic heterocycles. The number of sulfonamides is 1. The van der Waals surface area contributed by atoms with Gasteiger partial charge in [0.25, 0.3) is 0 Å². The highest BCUT2D eigenvalue weighted by Crippen LogP contribution is 2.32. The normalized spacial score (nSPS) is 14.3. The maximum Gasteiger partial charge on any atom is 0.250 e. The van der Waals surface area contributed by atoms with Gasteiger partial charge < -0.3 is 9.84 Å². The number of nitrogens with zero attached hydrogens (tertiary/aromatic N) is 1. The molecule has 2 N–H and O–H groups in total. The lowest BCUT2D eigenvalue weighted by molar-refractivity contribution is -0.117. The summed E-state index contributed by atoms with van der Waals surface area (Å²) in [6, 6.07) is 10.2. The van der Waals surface area contributed by atoms with E-state index in [1.165, 1.54) is 0 Å². The first kappa shape index (κ1) is 21.8. The van der Waals surface area contributed by atoms with Crippen molar-refractivity contribution in [1.29, 1.82) is 0 Å². The molecular weight excluding hydrogens is 458 g/mol. The molecule has 1 aliphatic rings. The van der Waals surface area contributed by atoms with Gasteiger partial charge in [-0.25, -0.2) is 13.1 Å². The van der Waals surface area contributed by atoms with Crippen molar-refractivity contribution in [2.45, 2.75) is 30.5 Å². The first-order chi connectivity index (χ1) is 14.8. The van der Waals surface area contributed by atoms with E-state index in [0.29, 0.717) is 22.2 Å². The molecule has 162 valence electrons. The summed E-state index contributed by atoms with van der Waals surface area (Å²) >= 11 is 6.98. The second-order valence-electron chi connectivity index (χ2n) is 7.21.